The summed E-state index contributed by atoms with van der Waals surface area (Å²) in [6.45, 7) is 1.67. The van der Waals surface area contributed by atoms with Crippen LogP contribution in [0.5, 0.6) is 0 Å². The summed E-state index contributed by atoms with van der Waals surface area (Å²) in [5.74, 6) is -0.728. The second kappa shape index (κ2) is 7.74. The largest absolute Gasteiger partial charge is 0.454 e. The van der Waals surface area contributed by atoms with E-state index >= 15 is 0 Å². The first-order chi connectivity index (χ1) is 11.6. The van der Waals surface area contributed by atoms with Crippen LogP contribution in [0.3, 0.4) is 0 Å². The molecule has 0 aliphatic rings. The van der Waals surface area contributed by atoms with E-state index in [1.807, 2.05) is 0 Å². The van der Waals surface area contributed by atoms with Crippen molar-refractivity contribution in [2.45, 2.75) is 17.9 Å². The molecule has 0 saturated heterocycles. The van der Waals surface area contributed by atoms with Gasteiger partial charge in [0.2, 0.25) is 10.0 Å². The molecule has 0 fully saturated rings. The Morgan fingerprint density at radius 1 is 1.08 bits per heavy atom. The van der Waals surface area contributed by atoms with E-state index in [4.69, 9.17) is 27.9 Å². The topological polar surface area (TPSA) is 63.7 Å². The monoisotopic (exact) mass is 401 g/mol. The van der Waals surface area contributed by atoms with E-state index in [9.17, 15) is 13.2 Å². The summed E-state index contributed by atoms with van der Waals surface area (Å²) in [6.07, 6.45) is -0.619. The van der Waals surface area contributed by atoms with Gasteiger partial charge in [-0.25, -0.2) is 17.5 Å². The number of halogens is 2. The SMILES string of the molecule is C[C@@H](OC(=O)c1cc(S(=O)(=O)N(C)C)ccc1Cl)c1ccccc1Cl. The van der Waals surface area contributed by atoms with E-state index in [0.29, 0.717) is 10.6 Å². The van der Waals surface area contributed by atoms with Crippen molar-refractivity contribution in [1.29, 1.82) is 0 Å². The van der Waals surface area contributed by atoms with E-state index in [-0.39, 0.29) is 15.5 Å². The van der Waals surface area contributed by atoms with Gasteiger partial charge in [-0.15, -0.1) is 0 Å². The van der Waals surface area contributed by atoms with Crippen LogP contribution in [0.1, 0.15) is 28.9 Å². The highest BCUT2D eigenvalue weighted by Gasteiger charge is 2.23. The second-order valence-corrected chi connectivity index (χ2v) is 8.46. The molecule has 0 N–H and O–H groups in total. The smallest absolute Gasteiger partial charge is 0.340 e. The third-order valence-electron chi connectivity index (χ3n) is 3.56. The van der Waals surface area contributed by atoms with Crippen molar-refractivity contribution in [3.8, 4) is 0 Å². The van der Waals surface area contributed by atoms with E-state index in [1.165, 1.54) is 32.3 Å². The molecule has 0 radical (unpaired) electrons. The van der Waals surface area contributed by atoms with E-state index in [1.54, 1.807) is 31.2 Å². The summed E-state index contributed by atoms with van der Waals surface area (Å²) >= 11 is 12.1. The van der Waals surface area contributed by atoms with Gasteiger partial charge in [0.05, 0.1) is 15.5 Å². The van der Waals surface area contributed by atoms with Crippen LogP contribution in [0.25, 0.3) is 0 Å². The number of carbonyl (C=O) groups is 1. The molecule has 0 heterocycles. The molecule has 2 aromatic rings. The predicted molar refractivity (Wildman–Crippen MR) is 97.6 cm³/mol. The van der Waals surface area contributed by atoms with Crippen LogP contribution in [0, 0.1) is 0 Å². The molecule has 0 aliphatic carbocycles. The Kier molecular flexibility index (Phi) is 6.11. The molecule has 0 bridgehead atoms. The maximum atomic E-state index is 12.5. The van der Waals surface area contributed by atoms with Crippen molar-refractivity contribution < 1.29 is 17.9 Å². The highest BCUT2D eigenvalue weighted by Crippen LogP contribution is 2.28. The predicted octanol–water partition coefficient (Wildman–Crippen LogP) is 4.16. The summed E-state index contributed by atoms with van der Waals surface area (Å²) < 4.78 is 30.9. The van der Waals surface area contributed by atoms with Crippen molar-refractivity contribution in [2.75, 3.05) is 14.1 Å². The lowest BCUT2D eigenvalue weighted by Gasteiger charge is -2.16. The van der Waals surface area contributed by atoms with Crippen LogP contribution in [-0.2, 0) is 14.8 Å². The average molecular weight is 402 g/mol. The Bertz CT molecular complexity index is 897. The van der Waals surface area contributed by atoms with Gasteiger partial charge < -0.3 is 4.74 Å². The molecular formula is C17H17Cl2NO4S. The standard InChI is InChI=1S/C17H17Cl2NO4S/c1-11(13-6-4-5-7-15(13)18)24-17(21)14-10-12(8-9-16(14)19)25(22,23)20(2)3/h4-11H,1-3H3/t11-/m1/s1. The third kappa shape index (κ3) is 4.33. The summed E-state index contributed by atoms with van der Waals surface area (Å²) in [5, 5.41) is 0.576. The fourth-order valence-corrected chi connectivity index (χ4v) is 3.54. The summed E-state index contributed by atoms with van der Waals surface area (Å²) in [7, 11) is -0.883. The van der Waals surface area contributed by atoms with Gasteiger partial charge in [0.15, 0.2) is 0 Å². The number of ether oxygens (including phenoxy) is 1. The van der Waals surface area contributed by atoms with E-state index < -0.39 is 22.1 Å². The summed E-state index contributed by atoms with van der Waals surface area (Å²) in [5.41, 5.74) is 0.620. The number of sulfonamides is 1. The van der Waals surface area contributed by atoms with Gasteiger partial charge in [-0.1, -0.05) is 41.4 Å². The zero-order chi connectivity index (χ0) is 18.8. The Morgan fingerprint density at radius 3 is 2.32 bits per heavy atom. The lowest BCUT2D eigenvalue weighted by atomic mass is 10.1. The minimum atomic E-state index is -3.69. The highest BCUT2D eigenvalue weighted by atomic mass is 35.5. The molecule has 134 valence electrons. The second-order valence-electron chi connectivity index (χ2n) is 5.50. The fraction of sp³-hybridized carbons (Fsp3) is 0.235. The molecule has 0 spiro atoms. The summed E-state index contributed by atoms with van der Waals surface area (Å²) in [6, 6.07) is 10.9. The molecule has 2 rings (SSSR count). The van der Waals surface area contributed by atoms with Gasteiger partial charge in [-0.3, -0.25) is 0 Å². The Labute approximate surface area is 157 Å². The molecule has 0 amide bonds. The number of esters is 1. The minimum absolute atomic E-state index is 0.0245. The van der Waals surface area contributed by atoms with Crippen LogP contribution in [0.15, 0.2) is 47.4 Å². The molecule has 1 atom stereocenters. The van der Waals surface area contributed by atoms with Gasteiger partial charge in [0, 0.05) is 24.7 Å². The Hall–Kier alpha value is -1.60. The van der Waals surface area contributed by atoms with Crippen LogP contribution in [0.2, 0.25) is 10.0 Å². The first-order valence-corrected chi connectivity index (χ1v) is 9.51. The van der Waals surface area contributed by atoms with Gasteiger partial charge in [-0.2, -0.15) is 0 Å². The minimum Gasteiger partial charge on any atom is -0.454 e. The highest BCUT2D eigenvalue weighted by molar-refractivity contribution is 7.89. The van der Waals surface area contributed by atoms with Crippen LogP contribution < -0.4 is 0 Å². The lowest BCUT2D eigenvalue weighted by molar-refractivity contribution is 0.0338. The van der Waals surface area contributed by atoms with Crippen LogP contribution >= 0.6 is 23.2 Å². The molecule has 0 saturated carbocycles. The lowest BCUT2D eigenvalue weighted by Crippen LogP contribution is -2.22. The van der Waals surface area contributed by atoms with Gasteiger partial charge >= 0.3 is 5.97 Å². The molecule has 0 aliphatic heterocycles. The maximum Gasteiger partial charge on any atom is 0.340 e. The molecule has 0 unspecified atom stereocenters. The third-order valence-corrected chi connectivity index (χ3v) is 6.05. The first kappa shape index (κ1) is 19.7. The molecule has 2 aromatic carbocycles. The van der Waals surface area contributed by atoms with Gasteiger partial charge in [0.1, 0.15) is 6.10 Å². The molecule has 0 aromatic heterocycles. The van der Waals surface area contributed by atoms with Gasteiger partial charge in [0.25, 0.3) is 0 Å². The van der Waals surface area contributed by atoms with E-state index in [2.05, 4.69) is 0 Å². The van der Waals surface area contributed by atoms with Crippen molar-refractivity contribution in [3.05, 3.63) is 63.6 Å². The molecule has 5 nitrogen and oxygen atoms in total. The zero-order valence-electron chi connectivity index (χ0n) is 13.9. The zero-order valence-corrected chi connectivity index (χ0v) is 16.2. The summed E-state index contributed by atoms with van der Waals surface area (Å²) in [4.78, 5) is 12.4. The number of carbonyl (C=O) groups excluding carboxylic acids is 1. The number of nitrogens with zero attached hydrogens (tertiary/aromatic N) is 1. The first-order valence-electron chi connectivity index (χ1n) is 7.32. The van der Waals surface area contributed by atoms with Crippen molar-refractivity contribution in [3.63, 3.8) is 0 Å². The van der Waals surface area contributed by atoms with Crippen molar-refractivity contribution in [2.24, 2.45) is 0 Å². The van der Waals surface area contributed by atoms with Crippen LogP contribution in [0.4, 0.5) is 0 Å². The number of rotatable bonds is 5. The van der Waals surface area contributed by atoms with E-state index in [0.717, 1.165) is 4.31 Å². The number of hydrogen-bond donors (Lipinski definition) is 0. The fourth-order valence-electron chi connectivity index (χ4n) is 2.12. The quantitative estimate of drug-likeness (QED) is 0.705. The van der Waals surface area contributed by atoms with Gasteiger partial charge in [-0.05, 0) is 31.2 Å². The number of benzene rings is 2. The average Bonchev–Trinajstić information content (AvgIpc) is 2.55. The Balaban J connectivity index is 2.32. The molecule has 8 heteroatoms. The van der Waals surface area contributed by atoms with Crippen molar-refractivity contribution >= 4 is 39.2 Å². The maximum absolute atomic E-state index is 12.5. The molecule has 25 heavy (non-hydrogen) atoms. The normalized spacial score (nSPS) is 12.9. The molecular weight excluding hydrogens is 385 g/mol. The van der Waals surface area contributed by atoms with Crippen LogP contribution in [-0.4, -0.2) is 32.8 Å². The number of hydrogen-bond acceptors (Lipinski definition) is 4. The Morgan fingerprint density at radius 2 is 1.72 bits per heavy atom. The van der Waals surface area contributed by atoms with Crippen molar-refractivity contribution in [1.82, 2.24) is 4.31 Å².